The van der Waals surface area contributed by atoms with E-state index in [1.807, 2.05) is 35.6 Å². The Morgan fingerprint density at radius 3 is 2.81 bits per heavy atom. The lowest BCUT2D eigenvalue weighted by molar-refractivity contribution is -0.119. The number of carbonyl (C=O) groups excluding carboxylic acids is 1. The Morgan fingerprint density at radius 2 is 2.04 bits per heavy atom. The van der Waals surface area contributed by atoms with Crippen LogP contribution in [0, 0.1) is 0 Å². The van der Waals surface area contributed by atoms with Gasteiger partial charge in [-0.05, 0) is 31.4 Å². The van der Waals surface area contributed by atoms with E-state index >= 15 is 0 Å². The Bertz CT molecular complexity index is 1040. The lowest BCUT2D eigenvalue weighted by atomic mass is 10.2. The number of aryl methyl sites for hydroxylation is 1. The highest BCUT2D eigenvalue weighted by atomic mass is 32.2. The standard InChI is InChI=1S/C19H23N5O2S/c1-2-11-23-17(26)14-9-5-6-10-15(14)24-18(23)21-22-19(24)27-12-16(25)20-13-7-3-4-8-13/h5-6,9-10,13H,2-4,7-8,11-12H2,1H3,(H,20,25). The summed E-state index contributed by atoms with van der Waals surface area (Å²) in [6, 6.07) is 7.78. The molecule has 1 aliphatic carbocycles. The van der Waals surface area contributed by atoms with Gasteiger partial charge in [0.1, 0.15) is 0 Å². The second kappa shape index (κ2) is 7.72. The number of hydrogen-bond donors (Lipinski definition) is 1. The SMILES string of the molecule is CCCn1c(=O)c2ccccc2n2c(SCC(=O)NC3CCCC3)nnc12. The summed E-state index contributed by atoms with van der Waals surface area (Å²) in [7, 11) is 0. The maximum Gasteiger partial charge on any atom is 0.262 e. The molecule has 142 valence electrons. The number of rotatable bonds is 6. The fourth-order valence-corrected chi connectivity index (χ4v) is 4.47. The first-order chi connectivity index (χ1) is 13.2. The molecular formula is C19H23N5O2S. The van der Waals surface area contributed by atoms with Gasteiger partial charge in [0.2, 0.25) is 11.7 Å². The van der Waals surface area contributed by atoms with Crippen LogP contribution in [-0.4, -0.2) is 36.9 Å². The van der Waals surface area contributed by atoms with Gasteiger partial charge in [0.25, 0.3) is 5.56 Å². The summed E-state index contributed by atoms with van der Waals surface area (Å²) in [5.41, 5.74) is 0.719. The number of amides is 1. The maximum atomic E-state index is 12.8. The van der Waals surface area contributed by atoms with Gasteiger partial charge in [0.05, 0.1) is 16.7 Å². The third kappa shape index (κ3) is 3.45. The summed E-state index contributed by atoms with van der Waals surface area (Å²) < 4.78 is 3.55. The number of carbonyl (C=O) groups is 1. The smallest absolute Gasteiger partial charge is 0.262 e. The molecule has 27 heavy (non-hydrogen) atoms. The fraction of sp³-hybridized carbons (Fsp3) is 0.474. The van der Waals surface area contributed by atoms with E-state index in [1.165, 1.54) is 24.6 Å². The van der Waals surface area contributed by atoms with Crippen LogP contribution in [0.15, 0.2) is 34.2 Å². The molecule has 2 heterocycles. The van der Waals surface area contributed by atoms with Gasteiger partial charge in [-0.25, -0.2) is 0 Å². The number of benzene rings is 1. The first-order valence-corrected chi connectivity index (χ1v) is 10.5. The third-order valence-electron chi connectivity index (χ3n) is 4.98. The second-order valence-corrected chi connectivity index (χ2v) is 7.87. The molecule has 0 atom stereocenters. The van der Waals surface area contributed by atoms with Crippen molar-refractivity contribution in [2.45, 2.75) is 56.8 Å². The van der Waals surface area contributed by atoms with E-state index in [-0.39, 0.29) is 11.5 Å². The first kappa shape index (κ1) is 18.0. The zero-order chi connectivity index (χ0) is 18.8. The van der Waals surface area contributed by atoms with E-state index < -0.39 is 0 Å². The predicted molar refractivity (Wildman–Crippen MR) is 106 cm³/mol. The van der Waals surface area contributed by atoms with E-state index in [4.69, 9.17) is 0 Å². The summed E-state index contributed by atoms with van der Waals surface area (Å²) in [6.45, 7) is 2.61. The molecule has 0 radical (unpaired) electrons. The molecule has 0 saturated heterocycles. The molecular weight excluding hydrogens is 362 g/mol. The van der Waals surface area contributed by atoms with Crippen molar-refractivity contribution in [1.82, 2.24) is 24.5 Å². The molecule has 1 saturated carbocycles. The molecule has 1 N–H and O–H groups in total. The van der Waals surface area contributed by atoms with Crippen LogP contribution in [0.4, 0.5) is 0 Å². The van der Waals surface area contributed by atoms with Crippen LogP contribution in [-0.2, 0) is 11.3 Å². The zero-order valence-corrected chi connectivity index (χ0v) is 16.2. The molecule has 1 aromatic carbocycles. The third-order valence-corrected chi connectivity index (χ3v) is 5.91. The first-order valence-electron chi connectivity index (χ1n) is 9.48. The topological polar surface area (TPSA) is 81.3 Å². The Balaban J connectivity index is 1.67. The minimum Gasteiger partial charge on any atom is -0.353 e. The highest BCUT2D eigenvalue weighted by Crippen LogP contribution is 2.22. The van der Waals surface area contributed by atoms with E-state index in [0.29, 0.717) is 34.7 Å². The lowest BCUT2D eigenvalue weighted by Crippen LogP contribution is -2.33. The highest BCUT2D eigenvalue weighted by Gasteiger charge is 2.19. The van der Waals surface area contributed by atoms with Crippen LogP contribution in [0.5, 0.6) is 0 Å². The van der Waals surface area contributed by atoms with Gasteiger partial charge in [0.15, 0.2) is 5.16 Å². The maximum absolute atomic E-state index is 12.8. The van der Waals surface area contributed by atoms with E-state index in [2.05, 4.69) is 15.5 Å². The van der Waals surface area contributed by atoms with Crippen molar-refractivity contribution in [2.75, 3.05) is 5.75 Å². The molecule has 0 unspecified atom stereocenters. The quantitative estimate of drug-likeness (QED) is 0.660. The molecule has 1 amide bonds. The Hall–Kier alpha value is -2.35. The van der Waals surface area contributed by atoms with Crippen LogP contribution in [0.1, 0.15) is 39.0 Å². The average Bonchev–Trinajstić information content (AvgIpc) is 3.33. The molecule has 7 nitrogen and oxygen atoms in total. The highest BCUT2D eigenvalue weighted by molar-refractivity contribution is 7.99. The van der Waals surface area contributed by atoms with Crippen molar-refractivity contribution in [3.8, 4) is 0 Å². The average molecular weight is 385 g/mol. The number of hydrogen-bond acceptors (Lipinski definition) is 5. The van der Waals surface area contributed by atoms with Crippen molar-refractivity contribution < 1.29 is 4.79 Å². The van der Waals surface area contributed by atoms with E-state index in [0.717, 1.165) is 24.8 Å². The second-order valence-electron chi connectivity index (χ2n) is 6.93. The van der Waals surface area contributed by atoms with Gasteiger partial charge >= 0.3 is 0 Å². The van der Waals surface area contributed by atoms with Gasteiger partial charge in [0, 0.05) is 12.6 Å². The van der Waals surface area contributed by atoms with Crippen molar-refractivity contribution in [2.24, 2.45) is 0 Å². The van der Waals surface area contributed by atoms with Crippen LogP contribution in [0.2, 0.25) is 0 Å². The molecule has 0 bridgehead atoms. The fourth-order valence-electron chi connectivity index (χ4n) is 3.72. The Kier molecular flexibility index (Phi) is 5.15. The van der Waals surface area contributed by atoms with Crippen molar-refractivity contribution in [3.05, 3.63) is 34.6 Å². The Labute approximate surface area is 161 Å². The summed E-state index contributed by atoms with van der Waals surface area (Å²) in [5.74, 6) is 0.840. The van der Waals surface area contributed by atoms with Gasteiger partial charge in [-0.2, -0.15) is 0 Å². The van der Waals surface area contributed by atoms with Gasteiger partial charge in [-0.15, -0.1) is 10.2 Å². The van der Waals surface area contributed by atoms with Crippen LogP contribution in [0.3, 0.4) is 0 Å². The molecule has 3 aromatic rings. The lowest BCUT2D eigenvalue weighted by Gasteiger charge is -2.12. The number of thioether (sulfide) groups is 1. The summed E-state index contributed by atoms with van der Waals surface area (Å²) in [5, 5.41) is 12.9. The minimum absolute atomic E-state index is 0.0230. The molecule has 8 heteroatoms. The van der Waals surface area contributed by atoms with E-state index in [1.54, 1.807) is 4.57 Å². The summed E-state index contributed by atoms with van der Waals surface area (Å²) in [6.07, 6.45) is 5.34. The summed E-state index contributed by atoms with van der Waals surface area (Å²) >= 11 is 1.36. The molecule has 1 fully saturated rings. The largest absolute Gasteiger partial charge is 0.353 e. The van der Waals surface area contributed by atoms with Gasteiger partial charge in [-0.1, -0.05) is 43.7 Å². The molecule has 0 spiro atoms. The van der Waals surface area contributed by atoms with Gasteiger partial charge < -0.3 is 5.32 Å². The van der Waals surface area contributed by atoms with Crippen LogP contribution < -0.4 is 10.9 Å². The zero-order valence-electron chi connectivity index (χ0n) is 15.4. The monoisotopic (exact) mass is 385 g/mol. The number of aromatic nitrogens is 4. The molecule has 2 aromatic heterocycles. The normalized spacial score (nSPS) is 15.0. The molecule has 1 aliphatic rings. The summed E-state index contributed by atoms with van der Waals surface area (Å²) in [4.78, 5) is 25.1. The van der Waals surface area contributed by atoms with Gasteiger partial charge in [-0.3, -0.25) is 18.6 Å². The minimum atomic E-state index is -0.0529. The number of nitrogens with one attached hydrogen (secondary N) is 1. The van der Waals surface area contributed by atoms with Crippen molar-refractivity contribution in [3.63, 3.8) is 0 Å². The number of para-hydroxylation sites is 1. The van der Waals surface area contributed by atoms with Crippen LogP contribution >= 0.6 is 11.8 Å². The molecule has 4 rings (SSSR count). The Morgan fingerprint density at radius 1 is 1.26 bits per heavy atom. The number of nitrogens with zero attached hydrogens (tertiary/aromatic N) is 4. The molecule has 0 aliphatic heterocycles. The number of fused-ring (bicyclic) bond motifs is 3. The van der Waals surface area contributed by atoms with Crippen LogP contribution in [0.25, 0.3) is 16.7 Å². The van der Waals surface area contributed by atoms with E-state index in [9.17, 15) is 9.59 Å². The van der Waals surface area contributed by atoms with Crippen molar-refractivity contribution in [1.29, 1.82) is 0 Å². The predicted octanol–water partition coefficient (Wildman–Crippen LogP) is 2.61. The van der Waals surface area contributed by atoms with Crippen molar-refractivity contribution >= 4 is 34.3 Å².